The molecule has 0 bridgehead atoms. The summed E-state index contributed by atoms with van der Waals surface area (Å²) in [5.41, 5.74) is 0.605. The van der Waals surface area contributed by atoms with Gasteiger partial charge in [0.1, 0.15) is 0 Å². The number of benzene rings is 1. The molecular weight excluding hydrogens is 248 g/mol. The van der Waals surface area contributed by atoms with Crippen LogP contribution in [0.5, 0.6) is 11.5 Å². The lowest BCUT2D eigenvalue weighted by molar-refractivity contribution is 0.0540. The Morgan fingerprint density at radius 2 is 2.26 bits per heavy atom. The van der Waals surface area contributed by atoms with Crippen LogP contribution in [0.3, 0.4) is 0 Å². The molecule has 1 amide bonds. The van der Waals surface area contributed by atoms with Crippen LogP contribution in [0.4, 0.5) is 0 Å². The highest BCUT2D eigenvalue weighted by atomic mass is 16.7. The lowest BCUT2D eigenvalue weighted by atomic mass is 10.1. The number of rotatable bonds is 3. The van der Waals surface area contributed by atoms with Crippen LogP contribution in [0.1, 0.15) is 23.2 Å². The molecule has 6 heteroatoms. The van der Waals surface area contributed by atoms with Gasteiger partial charge in [-0.3, -0.25) is 4.79 Å². The van der Waals surface area contributed by atoms with E-state index in [0.717, 1.165) is 19.4 Å². The molecule has 1 aromatic rings. The topological polar surface area (TPSA) is 74.0 Å². The molecule has 1 fully saturated rings. The van der Waals surface area contributed by atoms with Crippen molar-refractivity contribution in [1.82, 2.24) is 4.90 Å². The number of nitrogens with two attached hydrogens (primary N) is 1. The largest absolute Gasteiger partial charge is 0.454 e. The lowest BCUT2D eigenvalue weighted by Crippen LogP contribution is -2.38. The summed E-state index contributed by atoms with van der Waals surface area (Å²) in [6, 6.07) is 5.31. The molecule has 102 valence electrons. The van der Waals surface area contributed by atoms with Crippen molar-refractivity contribution < 1.29 is 19.1 Å². The maximum Gasteiger partial charge on any atom is 0.254 e. The number of ether oxygens (including phenoxy) is 2. The molecule has 2 aliphatic rings. The predicted molar refractivity (Wildman–Crippen MR) is 66.8 cm³/mol. The second-order valence-electron chi connectivity index (χ2n) is 4.70. The molecule has 3 rings (SSSR count). The fourth-order valence-corrected chi connectivity index (χ4v) is 2.58. The van der Waals surface area contributed by atoms with Gasteiger partial charge in [-0.15, -0.1) is 0 Å². The average Bonchev–Trinajstić information content (AvgIpc) is 3.05. The summed E-state index contributed by atoms with van der Waals surface area (Å²) in [5, 5.41) is 0. The summed E-state index contributed by atoms with van der Waals surface area (Å²) in [6.45, 7) is 1.32. The van der Waals surface area contributed by atoms with Crippen molar-refractivity contribution in [2.24, 2.45) is 5.90 Å². The molecule has 19 heavy (non-hydrogen) atoms. The van der Waals surface area contributed by atoms with Gasteiger partial charge in [-0.1, -0.05) is 0 Å². The van der Waals surface area contributed by atoms with E-state index in [4.69, 9.17) is 15.4 Å². The number of carbonyl (C=O) groups excluding carboxylic acids is 1. The number of hydrogen-bond donors (Lipinski definition) is 1. The molecule has 1 atom stereocenters. The van der Waals surface area contributed by atoms with E-state index < -0.39 is 0 Å². The van der Waals surface area contributed by atoms with Crippen molar-refractivity contribution in [2.45, 2.75) is 18.9 Å². The van der Waals surface area contributed by atoms with Gasteiger partial charge in [0, 0.05) is 12.1 Å². The minimum absolute atomic E-state index is 0.0159. The zero-order valence-corrected chi connectivity index (χ0v) is 10.5. The third-order valence-electron chi connectivity index (χ3n) is 3.55. The summed E-state index contributed by atoms with van der Waals surface area (Å²) >= 11 is 0. The minimum atomic E-state index is -0.0159. The zero-order valence-electron chi connectivity index (χ0n) is 10.5. The van der Waals surface area contributed by atoms with E-state index in [9.17, 15) is 4.79 Å². The maximum atomic E-state index is 12.5. The molecule has 2 aliphatic heterocycles. The highest BCUT2D eigenvalue weighted by Crippen LogP contribution is 2.33. The molecular formula is C13H16N2O4. The van der Waals surface area contributed by atoms with Crippen LogP contribution in [0, 0.1) is 0 Å². The van der Waals surface area contributed by atoms with E-state index in [1.165, 1.54) is 0 Å². The second kappa shape index (κ2) is 5.07. The van der Waals surface area contributed by atoms with Crippen LogP contribution in [0.15, 0.2) is 18.2 Å². The fraction of sp³-hybridized carbons (Fsp3) is 0.462. The van der Waals surface area contributed by atoms with E-state index in [0.29, 0.717) is 23.7 Å². The normalized spacial score (nSPS) is 20.9. The Morgan fingerprint density at radius 3 is 3.11 bits per heavy atom. The Hall–Kier alpha value is -1.79. The van der Waals surface area contributed by atoms with Gasteiger partial charge < -0.3 is 19.2 Å². The van der Waals surface area contributed by atoms with E-state index in [1.54, 1.807) is 18.2 Å². The summed E-state index contributed by atoms with van der Waals surface area (Å²) in [7, 11) is 0. The smallest absolute Gasteiger partial charge is 0.254 e. The maximum absolute atomic E-state index is 12.5. The molecule has 0 aromatic heterocycles. The van der Waals surface area contributed by atoms with Crippen LogP contribution < -0.4 is 15.4 Å². The first-order valence-electron chi connectivity index (χ1n) is 6.32. The molecule has 0 radical (unpaired) electrons. The highest BCUT2D eigenvalue weighted by Gasteiger charge is 2.30. The van der Waals surface area contributed by atoms with Gasteiger partial charge in [-0.25, -0.2) is 5.90 Å². The number of likely N-dealkylation sites (tertiary alicyclic amines) is 1. The SMILES string of the molecule is NOCC1CCCN1C(=O)c1ccc2c(c1)OCO2. The highest BCUT2D eigenvalue weighted by molar-refractivity contribution is 5.95. The Labute approximate surface area is 111 Å². The molecule has 1 unspecified atom stereocenters. The van der Waals surface area contributed by atoms with Crippen molar-refractivity contribution in [3.05, 3.63) is 23.8 Å². The quantitative estimate of drug-likeness (QED) is 0.821. The van der Waals surface area contributed by atoms with Crippen molar-refractivity contribution in [3.63, 3.8) is 0 Å². The second-order valence-corrected chi connectivity index (χ2v) is 4.70. The minimum Gasteiger partial charge on any atom is -0.454 e. The number of carbonyl (C=O) groups is 1. The first-order valence-corrected chi connectivity index (χ1v) is 6.32. The lowest BCUT2D eigenvalue weighted by Gasteiger charge is -2.23. The molecule has 2 N–H and O–H groups in total. The molecule has 0 aliphatic carbocycles. The number of fused-ring (bicyclic) bond motifs is 1. The molecule has 6 nitrogen and oxygen atoms in total. The van der Waals surface area contributed by atoms with Gasteiger partial charge in [0.05, 0.1) is 12.6 Å². The van der Waals surface area contributed by atoms with Crippen molar-refractivity contribution in [3.8, 4) is 11.5 Å². The van der Waals surface area contributed by atoms with Crippen molar-refractivity contribution >= 4 is 5.91 Å². The van der Waals surface area contributed by atoms with E-state index in [-0.39, 0.29) is 18.7 Å². The first-order chi connectivity index (χ1) is 9.29. The molecule has 1 saturated heterocycles. The van der Waals surface area contributed by atoms with Gasteiger partial charge in [-0.05, 0) is 31.0 Å². The van der Waals surface area contributed by atoms with Gasteiger partial charge in [-0.2, -0.15) is 0 Å². The van der Waals surface area contributed by atoms with Gasteiger partial charge >= 0.3 is 0 Å². The zero-order chi connectivity index (χ0) is 13.2. The predicted octanol–water partition coefficient (Wildman–Crippen LogP) is 0.910. The molecule has 2 heterocycles. The van der Waals surface area contributed by atoms with E-state index in [2.05, 4.69) is 4.84 Å². The van der Waals surface area contributed by atoms with Gasteiger partial charge in [0.25, 0.3) is 5.91 Å². The van der Waals surface area contributed by atoms with E-state index in [1.807, 2.05) is 4.90 Å². The van der Waals surface area contributed by atoms with E-state index >= 15 is 0 Å². The Bertz CT molecular complexity index is 492. The summed E-state index contributed by atoms with van der Waals surface area (Å²) in [6.07, 6.45) is 1.90. The number of nitrogens with zero attached hydrogens (tertiary/aromatic N) is 1. The average molecular weight is 264 g/mol. The van der Waals surface area contributed by atoms with Gasteiger partial charge in [0.15, 0.2) is 11.5 Å². The summed E-state index contributed by atoms with van der Waals surface area (Å²) < 4.78 is 10.5. The number of amides is 1. The third-order valence-corrected chi connectivity index (χ3v) is 3.55. The third kappa shape index (κ3) is 2.24. The van der Waals surface area contributed by atoms with Crippen molar-refractivity contribution in [2.75, 3.05) is 19.9 Å². The molecule has 0 spiro atoms. The van der Waals surface area contributed by atoms with Crippen LogP contribution in [0.25, 0.3) is 0 Å². The summed E-state index contributed by atoms with van der Waals surface area (Å²) in [4.78, 5) is 19.0. The first kappa shape index (κ1) is 12.3. The van der Waals surface area contributed by atoms with Gasteiger partial charge in [0.2, 0.25) is 6.79 Å². The monoisotopic (exact) mass is 264 g/mol. The fourth-order valence-electron chi connectivity index (χ4n) is 2.58. The number of hydrogen-bond acceptors (Lipinski definition) is 5. The van der Waals surface area contributed by atoms with Crippen LogP contribution in [-0.4, -0.2) is 36.8 Å². The summed E-state index contributed by atoms with van der Waals surface area (Å²) in [5.74, 6) is 6.40. The Morgan fingerprint density at radius 1 is 1.42 bits per heavy atom. The standard InChI is InChI=1S/C13H16N2O4/c14-19-7-10-2-1-5-15(10)13(16)9-3-4-11-12(6-9)18-8-17-11/h3-4,6,10H,1-2,5,7-8,14H2. The van der Waals surface area contributed by atoms with Crippen LogP contribution in [0.2, 0.25) is 0 Å². The Kier molecular flexibility index (Phi) is 3.27. The van der Waals surface area contributed by atoms with Crippen LogP contribution >= 0.6 is 0 Å². The van der Waals surface area contributed by atoms with Crippen LogP contribution in [-0.2, 0) is 4.84 Å². The molecule has 0 saturated carbocycles. The van der Waals surface area contributed by atoms with Crippen molar-refractivity contribution in [1.29, 1.82) is 0 Å². The Balaban J connectivity index is 1.79. The molecule has 1 aromatic carbocycles.